The highest BCUT2D eigenvalue weighted by molar-refractivity contribution is 7.89. The summed E-state index contributed by atoms with van der Waals surface area (Å²) in [6.45, 7) is 0.289. The maximum absolute atomic E-state index is 12.7. The van der Waals surface area contributed by atoms with Gasteiger partial charge in [0, 0.05) is 17.5 Å². The molecule has 0 spiro atoms. The first kappa shape index (κ1) is 20.6. The molecular weight excluding hydrogens is 420 g/mol. The van der Waals surface area contributed by atoms with Crippen LogP contribution >= 0.6 is 11.3 Å². The van der Waals surface area contributed by atoms with E-state index >= 15 is 0 Å². The smallest absolute Gasteiger partial charge is 0.265 e. The fraction of sp³-hybridized carbons (Fsp3) is 0.227. The molecule has 1 aliphatic rings. The lowest BCUT2D eigenvalue weighted by atomic mass is 10.2. The van der Waals surface area contributed by atoms with Crippen molar-refractivity contribution in [3.63, 3.8) is 0 Å². The number of rotatable bonds is 8. The van der Waals surface area contributed by atoms with Gasteiger partial charge < -0.3 is 10.1 Å². The van der Waals surface area contributed by atoms with Crippen LogP contribution in [0.2, 0.25) is 0 Å². The predicted molar refractivity (Wildman–Crippen MR) is 117 cm³/mol. The van der Waals surface area contributed by atoms with Gasteiger partial charge in [-0.3, -0.25) is 4.79 Å². The number of methoxy groups -OCH3 is 1. The fourth-order valence-electron chi connectivity index (χ4n) is 2.97. The standard InChI is InChI=1S/C22H22N2O4S2/c1-28-19-13-20(16-5-3-2-4-6-16)29-21(19)22(25)23-14-15-7-11-18(12-8-15)30(26,27)24-17-9-10-17/h2-8,11-13,17,24H,9-10,14H2,1H3,(H,23,25). The Morgan fingerprint density at radius 2 is 1.80 bits per heavy atom. The van der Waals surface area contributed by atoms with E-state index in [0.717, 1.165) is 28.8 Å². The maximum Gasteiger partial charge on any atom is 0.265 e. The van der Waals surface area contributed by atoms with Crippen LogP contribution in [0.25, 0.3) is 10.4 Å². The number of nitrogens with one attached hydrogen (secondary N) is 2. The van der Waals surface area contributed by atoms with E-state index in [0.29, 0.717) is 10.6 Å². The predicted octanol–water partition coefficient (Wildman–Crippen LogP) is 3.79. The molecule has 156 valence electrons. The molecule has 0 saturated heterocycles. The Hall–Kier alpha value is -2.68. The zero-order valence-corrected chi connectivity index (χ0v) is 18.1. The van der Waals surface area contributed by atoms with Gasteiger partial charge in [0.15, 0.2) is 0 Å². The molecule has 1 saturated carbocycles. The Morgan fingerprint density at radius 1 is 1.10 bits per heavy atom. The average Bonchev–Trinajstić information content (AvgIpc) is 3.46. The molecule has 1 amide bonds. The van der Waals surface area contributed by atoms with Crippen LogP contribution in [-0.2, 0) is 16.6 Å². The number of carbonyl (C=O) groups is 1. The number of carbonyl (C=O) groups excluding carboxylic acids is 1. The molecule has 0 bridgehead atoms. The van der Waals surface area contributed by atoms with E-state index in [4.69, 9.17) is 4.74 Å². The van der Waals surface area contributed by atoms with Crippen molar-refractivity contribution in [3.05, 3.63) is 71.1 Å². The van der Waals surface area contributed by atoms with Crippen LogP contribution in [-0.4, -0.2) is 27.5 Å². The summed E-state index contributed by atoms with van der Waals surface area (Å²) in [5.74, 6) is 0.301. The largest absolute Gasteiger partial charge is 0.495 e. The zero-order chi connectivity index (χ0) is 21.1. The summed E-state index contributed by atoms with van der Waals surface area (Å²) in [6, 6.07) is 18.3. The van der Waals surface area contributed by atoms with Crippen molar-refractivity contribution in [2.24, 2.45) is 0 Å². The monoisotopic (exact) mass is 442 g/mol. The van der Waals surface area contributed by atoms with Gasteiger partial charge in [-0.15, -0.1) is 11.3 Å². The van der Waals surface area contributed by atoms with Crippen molar-refractivity contribution < 1.29 is 17.9 Å². The van der Waals surface area contributed by atoms with Crippen molar-refractivity contribution >= 4 is 27.3 Å². The fourth-order valence-corrected chi connectivity index (χ4v) is 5.32. The minimum Gasteiger partial charge on any atom is -0.495 e. The second-order valence-electron chi connectivity index (χ2n) is 7.10. The second-order valence-corrected chi connectivity index (χ2v) is 9.86. The lowest BCUT2D eigenvalue weighted by Crippen LogP contribution is -2.26. The summed E-state index contributed by atoms with van der Waals surface area (Å²) in [5.41, 5.74) is 1.84. The Bertz CT molecular complexity index is 1140. The second kappa shape index (κ2) is 8.59. The van der Waals surface area contributed by atoms with Crippen LogP contribution in [0.4, 0.5) is 0 Å². The Labute approximate surface area is 180 Å². The molecule has 30 heavy (non-hydrogen) atoms. The van der Waals surface area contributed by atoms with Gasteiger partial charge in [-0.05, 0) is 42.2 Å². The molecule has 1 heterocycles. The summed E-state index contributed by atoms with van der Waals surface area (Å²) < 4.78 is 32.5. The van der Waals surface area contributed by atoms with Crippen LogP contribution in [0, 0.1) is 0 Å². The molecule has 2 aromatic carbocycles. The first-order valence-electron chi connectivity index (χ1n) is 9.59. The molecule has 6 nitrogen and oxygen atoms in total. The normalized spacial score (nSPS) is 13.8. The molecule has 1 aliphatic carbocycles. The van der Waals surface area contributed by atoms with Gasteiger partial charge in [0.1, 0.15) is 10.6 Å². The van der Waals surface area contributed by atoms with Gasteiger partial charge in [0.05, 0.1) is 12.0 Å². The Kier molecular flexibility index (Phi) is 5.90. The molecule has 0 atom stereocenters. The highest BCUT2D eigenvalue weighted by atomic mass is 32.2. The van der Waals surface area contributed by atoms with Crippen molar-refractivity contribution in [2.45, 2.75) is 30.3 Å². The molecule has 2 N–H and O–H groups in total. The summed E-state index contributed by atoms with van der Waals surface area (Å²) >= 11 is 1.37. The highest BCUT2D eigenvalue weighted by Crippen LogP contribution is 2.36. The molecule has 1 fully saturated rings. The molecular formula is C22H22N2O4S2. The quantitative estimate of drug-likeness (QED) is 0.556. The first-order chi connectivity index (χ1) is 14.5. The van der Waals surface area contributed by atoms with E-state index in [1.165, 1.54) is 11.3 Å². The van der Waals surface area contributed by atoms with E-state index in [1.54, 1.807) is 31.4 Å². The minimum atomic E-state index is -3.47. The number of sulfonamides is 1. The minimum absolute atomic E-state index is 0.0653. The lowest BCUT2D eigenvalue weighted by Gasteiger charge is -2.08. The first-order valence-corrected chi connectivity index (χ1v) is 11.9. The summed E-state index contributed by atoms with van der Waals surface area (Å²) in [4.78, 5) is 14.4. The van der Waals surface area contributed by atoms with E-state index < -0.39 is 10.0 Å². The van der Waals surface area contributed by atoms with Crippen molar-refractivity contribution in [1.82, 2.24) is 10.0 Å². The van der Waals surface area contributed by atoms with Crippen LogP contribution in [0.1, 0.15) is 28.1 Å². The third kappa shape index (κ3) is 4.72. The third-order valence-corrected chi connectivity index (χ3v) is 7.47. The van der Waals surface area contributed by atoms with Crippen LogP contribution in [0.15, 0.2) is 65.6 Å². The summed E-state index contributed by atoms with van der Waals surface area (Å²) in [5, 5.41) is 2.88. The van der Waals surface area contributed by atoms with E-state index in [9.17, 15) is 13.2 Å². The van der Waals surface area contributed by atoms with Gasteiger partial charge in [-0.2, -0.15) is 0 Å². The van der Waals surface area contributed by atoms with Crippen molar-refractivity contribution in [2.75, 3.05) is 7.11 Å². The molecule has 0 radical (unpaired) electrons. The average molecular weight is 443 g/mol. The van der Waals surface area contributed by atoms with Crippen molar-refractivity contribution in [1.29, 1.82) is 0 Å². The van der Waals surface area contributed by atoms with Gasteiger partial charge in [-0.1, -0.05) is 42.5 Å². The topological polar surface area (TPSA) is 84.5 Å². The van der Waals surface area contributed by atoms with Gasteiger partial charge >= 0.3 is 0 Å². The molecule has 0 aliphatic heterocycles. The highest BCUT2D eigenvalue weighted by Gasteiger charge is 2.27. The molecule has 8 heteroatoms. The Balaban J connectivity index is 1.43. The number of benzene rings is 2. The lowest BCUT2D eigenvalue weighted by molar-refractivity contribution is 0.0952. The summed E-state index contributed by atoms with van der Waals surface area (Å²) in [7, 11) is -1.93. The van der Waals surface area contributed by atoms with Gasteiger partial charge in [-0.25, -0.2) is 13.1 Å². The van der Waals surface area contributed by atoms with E-state index in [1.807, 2.05) is 36.4 Å². The van der Waals surface area contributed by atoms with Gasteiger partial charge in [0.2, 0.25) is 10.0 Å². The van der Waals surface area contributed by atoms with Crippen LogP contribution in [0.3, 0.4) is 0 Å². The number of thiophene rings is 1. The molecule has 0 unspecified atom stereocenters. The van der Waals surface area contributed by atoms with E-state index in [2.05, 4.69) is 10.0 Å². The van der Waals surface area contributed by atoms with Gasteiger partial charge in [0.25, 0.3) is 5.91 Å². The molecule has 1 aromatic heterocycles. The summed E-state index contributed by atoms with van der Waals surface area (Å²) in [6.07, 6.45) is 1.78. The van der Waals surface area contributed by atoms with E-state index in [-0.39, 0.29) is 23.4 Å². The zero-order valence-electron chi connectivity index (χ0n) is 16.4. The van der Waals surface area contributed by atoms with Crippen molar-refractivity contribution in [3.8, 4) is 16.2 Å². The third-order valence-electron chi connectivity index (χ3n) is 4.77. The Morgan fingerprint density at radius 3 is 2.43 bits per heavy atom. The SMILES string of the molecule is COc1cc(-c2ccccc2)sc1C(=O)NCc1ccc(S(=O)(=O)NC2CC2)cc1. The number of amides is 1. The number of ether oxygens (including phenoxy) is 1. The number of hydrogen-bond acceptors (Lipinski definition) is 5. The van der Waals surface area contributed by atoms with Crippen LogP contribution in [0.5, 0.6) is 5.75 Å². The number of hydrogen-bond donors (Lipinski definition) is 2. The maximum atomic E-state index is 12.7. The van der Waals surface area contributed by atoms with Crippen LogP contribution < -0.4 is 14.8 Å². The molecule has 4 rings (SSSR count). The molecule has 3 aromatic rings.